The molecule has 1 fully saturated rings. The number of benzene rings is 2. The highest BCUT2D eigenvalue weighted by Crippen LogP contribution is 2.21. The number of para-hydroxylation sites is 1. The topological polar surface area (TPSA) is 58.6 Å². The molecule has 2 amide bonds. The molecule has 2 aromatic carbocycles. The van der Waals surface area contributed by atoms with Crippen molar-refractivity contribution < 1.29 is 14.3 Å². The highest BCUT2D eigenvalue weighted by Gasteiger charge is 2.18. The van der Waals surface area contributed by atoms with Gasteiger partial charge >= 0.3 is 0 Å². The lowest BCUT2D eigenvalue weighted by molar-refractivity contribution is 0.0761. The standard InChI is InChI=1S/C23H28N2O3/c1-2-16-28-21-13-6-5-12-20(21)22(26)24-19-11-9-10-18(17-19)23(27)25-14-7-3-4-8-15-25/h5-6,9-13,17H,2-4,7-8,14-16H2,1H3,(H,24,26). The molecule has 1 saturated heterocycles. The molecule has 5 heteroatoms. The zero-order valence-electron chi connectivity index (χ0n) is 16.4. The van der Waals surface area contributed by atoms with Crippen molar-refractivity contribution >= 4 is 17.5 Å². The van der Waals surface area contributed by atoms with E-state index in [2.05, 4.69) is 5.32 Å². The molecule has 148 valence electrons. The SMILES string of the molecule is CCCOc1ccccc1C(=O)Nc1cccc(C(=O)N2CCCCCC2)c1. The molecule has 0 radical (unpaired) electrons. The van der Waals surface area contributed by atoms with Gasteiger partial charge < -0.3 is 15.0 Å². The van der Waals surface area contributed by atoms with Crippen LogP contribution in [0.2, 0.25) is 0 Å². The molecule has 1 aliphatic rings. The Kier molecular flexibility index (Phi) is 7.06. The maximum absolute atomic E-state index is 12.8. The van der Waals surface area contributed by atoms with Crippen molar-refractivity contribution in [1.82, 2.24) is 4.90 Å². The van der Waals surface area contributed by atoms with Gasteiger partial charge in [0.1, 0.15) is 5.75 Å². The van der Waals surface area contributed by atoms with Crippen LogP contribution in [0.15, 0.2) is 48.5 Å². The van der Waals surface area contributed by atoms with Gasteiger partial charge in [0.25, 0.3) is 11.8 Å². The van der Waals surface area contributed by atoms with Crippen molar-refractivity contribution in [1.29, 1.82) is 0 Å². The van der Waals surface area contributed by atoms with E-state index in [1.54, 1.807) is 36.4 Å². The summed E-state index contributed by atoms with van der Waals surface area (Å²) < 4.78 is 5.68. The first-order valence-electron chi connectivity index (χ1n) is 10.1. The number of anilines is 1. The van der Waals surface area contributed by atoms with Crippen molar-refractivity contribution in [3.05, 3.63) is 59.7 Å². The molecule has 5 nitrogen and oxygen atoms in total. The minimum atomic E-state index is -0.244. The number of nitrogens with one attached hydrogen (secondary N) is 1. The van der Waals surface area contributed by atoms with E-state index < -0.39 is 0 Å². The summed E-state index contributed by atoms with van der Waals surface area (Å²) in [4.78, 5) is 27.5. The summed E-state index contributed by atoms with van der Waals surface area (Å²) in [7, 11) is 0. The Hall–Kier alpha value is -2.82. The van der Waals surface area contributed by atoms with Crippen LogP contribution in [0.1, 0.15) is 59.7 Å². The van der Waals surface area contributed by atoms with E-state index in [0.29, 0.717) is 29.2 Å². The normalized spacial score (nSPS) is 14.2. The maximum Gasteiger partial charge on any atom is 0.259 e. The lowest BCUT2D eigenvalue weighted by atomic mass is 10.1. The molecule has 2 aromatic rings. The lowest BCUT2D eigenvalue weighted by Crippen LogP contribution is -2.31. The smallest absolute Gasteiger partial charge is 0.259 e. The summed E-state index contributed by atoms with van der Waals surface area (Å²) in [5, 5.41) is 2.90. The Morgan fingerprint density at radius 2 is 1.75 bits per heavy atom. The first-order chi connectivity index (χ1) is 13.7. The van der Waals surface area contributed by atoms with Gasteiger partial charge in [0.2, 0.25) is 0 Å². The van der Waals surface area contributed by atoms with Crippen LogP contribution >= 0.6 is 0 Å². The monoisotopic (exact) mass is 380 g/mol. The van der Waals surface area contributed by atoms with Crippen LogP contribution < -0.4 is 10.1 Å². The highest BCUT2D eigenvalue weighted by molar-refractivity contribution is 6.06. The summed E-state index contributed by atoms with van der Waals surface area (Å²) >= 11 is 0. The lowest BCUT2D eigenvalue weighted by Gasteiger charge is -2.20. The van der Waals surface area contributed by atoms with Gasteiger partial charge in [0, 0.05) is 24.3 Å². The second-order valence-electron chi connectivity index (χ2n) is 7.09. The molecule has 0 aromatic heterocycles. The molecule has 1 N–H and O–H groups in total. The first-order valence-corrected chi connectivity index (χ1v) is 10.1. The van der Waals surface area contributed by atoms with Gasteiger partial charge in [-0.05, 0) is 49.6 Å². The number of rotatable bonds is 6. The third-order valence-corrected chi connectivity index (χ3v) is 4.85. The van der Waals surface area contributed by atoms with Crippen LogP contribution in [0, 0.1) is 0 Å². The fourth-order valence-electron chi connectivity index (χ4n) is 3.38. The van der Waals surface area contributed by atoms with Crippen LogP contribution in [-0.4, -0.2) is 36.4 Å². The molecule has 0 unspecified atom stereocenters. The predicted molar refractivity (Wildman–Crippen MR) is 111 cm³/mol. The number of hydrogen-bond acceptors (Lipinski definition) is 3. The minimum absolute atomic E-state index is 0.0321. The average molecular weight is 380 g/mol. The molecule has 0 saturated carbocycles. The zero-order chi connectivity index (χ0) is 19.8. The largest absolute Gasteiger partial charge is 0.493 e. The van der Waals surface area contributed by atoms with Crippen LogP contribution in [0.4, 0.5) is 5.69 Å². The Labute approximate surface area is 166 Å². The fourth-order valence-corrected chi connectivity index (χ4v) is 3.38. The summed E-state index contributed by atoms with van der Waals surface area (Å²) in [6.07, 6.45) is 5.34. The Balaban J connectivity index is 1.72. The van der Waals surface area contributed by atoms with Gasteiger partial charge in [0.05, 0.1) is 12.2 Å². The number of nitrogens with zero attached hydrogens (tertiary/aromatic N) is 1. The van der Waals surface area contributed by atoms with Crippen molar-refractivity contribution in [2.24, 2.45) is 0 Å². The third-order valence-electron chi connectivity index (χ3n) is 4.85. The maximum atomic E-state index is 12.8. The Morgan fingerprint density at radius 1 is 1.00 bits per heavy atom. The quantitative estimate of drug-likeness (QED) is 0.787. The molecular weight excluding hydrogens is 352 g/mol. The van der Waals surface area contributed by atoms with Gasteiger partial charge in [-0.1, -0.05) is 38.0 Å². The molecule has 0 bridgehead atoms. The minimum Gasteiger partial charge on any atom is -0.493 e. The van der Waals surface area contributed by atoms with Crippen molar-refractivity contribution in [3.8, 4) is 5.75 Å². The van der Waals surface area contributed by atoms with Crippen molar-refractivity contribution in [2.75, 3.05) is 25.0 Å². The molecule has 0 aliphatic carbocycles. The summed E-state index contributed by atoms with van der Waals surface area (Å²) in [6.45, 7) is 4.19. The number of amides is 2. The summed E-state index contributed by atoms with van der Waals surface area (Å²) in [5.41, 5.74) is 1.70. The average Bonchev–Trinajstić information content (AvgIpc) is 3.01. The molecule has 28 heavy (non-hydrogen) atoms. The van der Waals surface area contributed by atoms with Gasteiger partial charge in [-0.2, -0.15) is 0 Å². The Bertz CT molecular complexity index is 811. The van der Waals surface area contributed by atoms with Crippen molar-refractivity contribution in [2.45, 2.75) is 39.0 Å². The molecular formula is C23H28N2O3. The summed E-state index contributed by atoms with van der Waals surface area (Å²) in [5.74, 6) is 0.356. The van der Waals surface area contributed by atoms with Crippen LogP contribution in [0.25, 0.3) is 0 Å². The highest BCUT2D eigenvalue weighted by atomic mass is 16.5. The third kappa shape index (κ3) is 5.12. The van der Waals surface area contributed by atoms with Crippen LogP contribution in [0.3, 0.4) is 0 Å². The van der Waals surface area contributed by atoms with Gasteiger partial charge in [-0.15, -0.1) is 0 Å². The summed E-state index contributed by atoms with van der Waals surface area (Å²) in [6, 6.07) is 14.4. The van der Waals surface area contributed by atoms with E-state index in [-0.39, 0.29) is 11.8 Å². The number of carbonyl (C=O) groups excluding carboxylic acids is 2. The van der Waals surface area contributed by atoms with E-state index in [9.17, 15) is 9.59 Å². The molecule has 3 rings (SSSR count). The van der Waals surface area contributed by atoms with E-state index in [1.807, 2.05) is 24.0 Å². The predicted octanol–water partition coefficient (Wildman–Crippen LogP) is 4.74. The van der Waals surface area contributed by atoms with E-state index in [0.717, 1.165) is 32.4 Å². The van der Waals surface area contributed by atoms with Gasteiger partial charge in [-0.3, -0.25) is 9.59 Å². The van der Waals surface area contributed by atoms with Gasteiger partial charge in [0.15, 0.2) is 0 Å². The number of carbonyl (C=O) groups is 2. The Morgan fingerprint density at radius 3 is 2.50 bits per heavy atom. The van der Waals surface area contributed by atoms with E-state index in [4.69, 9.17) is 4.74 Å². The van der Waals surface area contributed by atoms with Gasteiger partial charge in [-0.25, -0.2) is 0 Å². The van der Waals surface area contributed by atoms with E-state index >= 15 is 0 Å². The number of likely N-dealkylation sites (tertiary alicyclic amines) is 1. The van der Waals surface area contributed by atoms with Crippen LogP contribution in [-0.2, 0) is 0 Å². The molecule has 1 aliphatic heterocycles. The second-order valence-corrected chi connectivity index (χ2v) is 7.09. The second kappa shape index (κ2) is 9.93. The molecule has 0 atom stereocenters. The zero-order valence-corrected chi connectivity index (χ0v) is 16.4. The molecule has 1 heterocycles. The fraction of sp³-hybridized carbons (Fsp3) is 0.391. The van der Waals surface area contributed by atoms with E-state index in [1.165, 1.54) is 12.8 Å². The number of ether oxygens (including phenoxy) is 1. The first kappa shape index (κ1) is 19.9. The molecule has 0 spiro atoms. The number of hydrogen-bond donors (Lipinski definition) is 1. The van der Waals surface area contributed by atoms with Crippen molar-refractivity contribution in [3.63, 3.8) is 0 Å². The van der Waals surface area contributed by atoms with Crippen LogP contribution in [0.5, 0.6) is 5.75 Å².